The number of nitrogens with two attached hydrogens (primary N) is 1. The molecule has 0 spiro atoms. The first kappa shape index (κ1) is 16.3. The van der Waals surface area contributed by atoms with E-state index in [-0.39, 0.29) is 18.3 Å². The van der Waals surface area contributed by atoms with E-state index in [4.69, 9.17) is 5.73 Å². The van der Waals surface area contributed by atoms with E-state index in [0.29, 0.717) is 31.0 Å². The molecule has 1 atom stereocenters. The molecule has 1 aromatic carbocycles. The molecule has 0 radical (unpaired) electrons. The first-order valence-electron chi connectivity index (χ1n) is 6.10. The van der Waals surface area contributed by atoms with Crippen molar-refractivity contribution in [3.63, 3.8) is 0 Å². The zero-order valence-electron chi connectivity index (χ0n) is 10.7. The zero-order chi connectivity index (χ0) is 13.0. The van der Waals surface area contributed by atoms with Gasteiger partial charge in [0.1, 0.15) is 11.5 Å². The average Bonchev–Trinajstić information content (AvgIpc) is 2.40. The standard InChI is InChI=1S/C13H18N2O2S.ClH/c14-12(10-11-4-2-1-3-5-11)13(16)15-6-8-18(17)9-7-15;/h1-5,12H,6-10,14H2;1H/t12-;/m0./s1. The number of nitrogens with zero attached hydrogens (tertiary/aromatic N) is 1. The van der Waals surface area contributed by atoms with Crippen molar-refractivity contribution in [2.24, 2.45) is 5.73 Å². The van der Waals surface area contributed by atoms with Crippen molar-refractivity contribution in [1.82, 2.24) is 4.90 Å². The molecule has 1 aromatic rings. The predicted octanol–water partition coefficient (Wildman–Crippen LogP) is 0.569. The molecule has 1 aliphatic rings. The van der Waals surface area contributed by atoms with Crippen molar-refractivity contribution >= 4 is 29.5 Å². The number of hydrogen-bond donors (Lipinski definition) is 1. The van der Waals surface area contributed by atoms with Crippen molar-refractivity contribution < 1.29 is 9.35 Å². The summed E-state index contributed by atoms with van der Waals surface area (Å²) in [4.78, 5) is 13.8. The van der Waals surface area contributed by atoms with E-state index in [9.17, 15) is 9.35 Å². The van der Waals surface area contributed by atoms with Crippen LogP contribution in [0.4, 0.5) is 0 Å². The minimum Gasteiger partial charge on any atom is -0.616 e. The zero-order valence-corrected chi connectivity index (χ0v) is 12.3. The van der Waals surface area contributed by atoms with Crippen LogP contribution in [0.25, 0.3) is 0 Å². The lowest BCUT2D eigenvalue weighted by atomic mass is 10.1. The van der Waals surface area contributed by atoms with E-state index in [1.54, 1.807) is 4.90 Å². The van der Waals surface area contributed by atoms with Gasteiger partial charge in [0.15, 0.2) is 0 Å². The molecule has 0 bridgehead atoms. The summed E-state index contributed by atoms with van der Waals surface area (Å²) in [5.74, 6) is 1.11. The first-order chi connectivity index (χ1) is 8.66. The number of halogens is 1. The fourth-order valence-corrected chi connectivity index (χ4v) is 3.10. The Kier molecular flexibility index (Phi) is 6.65. The second-order valence-electron chi connectivity index (χ2n) is 4.47. The normalized spacial score (nSPS) is 17.7. The SMILES string of the molecule is Cl.N[C@@H](Cc1ccccc1)C(=O)N1CC[S+]([O-])CC1. The highest BCUT2D eigenvalue weighted by Gasteiger charge is 2.27. The molecule has 19 heavy (non-hydrogen) atoms. The molecular formula is C13H19ClN2O2S. The van der Waals surface area contributed by atoms with E-state index < -0.39 is 17.2 Å². The largest absolute Gasteiger partial charge is 0.616 e. The van der Waals surface area contributed by atoms with Crippen LogP contribution in [-0.4, -0.2) is 46.0 Å². The number of hydrogen-bond acceptors (Lipinski definition) is 3. The molecule has 1 fully saturated rings. The molecule has 0 saturated carbocycles. The van der Waals surface area contributed by atoms with Gasteiger partial charge in [-0.05, 0) is 12.0 Å². The molecule has 2 N–H and O–H groups in total. The van der Waals surface area contributed by atoms with Crippen molar-refractivity contribution in [2.75, 3.05) is 24.6 Å². The van der Waals surface area contributed by atoms with Gasteiger partial charge >= 0.3 is 0 Å². The van der Waals surface area contributed by atoms with Gasteiger partial charge in [0.2, 0.25) is 5.91 Å². The molecule has 1 aliphatic heterocycles. The molecule has 1 saturated heterocycles. The lowest BCUT2D eigenvalue weighted by Gasteiger charge is -2.30. The quantitative estimate of drug-likeness (QED) is 0.830. The van der Waals surface area contributed by atoms with Crippen LogP contribution in [0.3, 0.4) is 0 Å². The Bertz CT molecular complexity index is 397. The van der Waals surface area contributed by atoms with Crippen molar-refractivity contribution in [2.45, 2.75) is 12.5 Å². The van der Waals surface area contributed by atoms with Crippen LogP contribution in [-0.2, 0) is 22.4 Å². The molecular weight excluding hydrogens is 284 g/mol. The maximum Gasteiger partial charge on any atom is 0.240 e. The summed E-state index contributed by atoms with van der Waals surface area (Å²) >= 11 is -0.763. The van der Waals surface area contributed by atoms with Gasteiger partial charge in [-0.15, -0.1) is 12.4 Å². The summed E-state index contributed by atoms with van der Waals surface area (Å²) in [5, 5.41) is 0. The van der Waals surface area contributed by atoms with Crippen LogP contribution in [0, 0.1) is 0 Å². The van der Waals surface area contributed by atoms with Gasteiger partial charge in [0.25, 0.3) is 0 Å². The number of rotatable bonds is 3. The van der Waals surface area contributed by atoms with Crippen LogP contribution in [0.5, 0.6) is 0 Å². The van der Waals surface area contributed by atoms with E-state index >= 15 is 0 Å². The number of benzene rings is 1. The Morgan fingerprint density at radius 3 is 2.47 bits per heavy atom. The summed E-state index contributed by atoms with van der Waals surface area (Å²) in [6.45, 7) is 1.13. The van der Waals surface area contributed by atoms with Gasteiger partial charge in [-0.1, -0.05) is 41.5 Å². The van der Waals surface area contributed by atoms with Gasteiger partial charge < -0.3 is 15.2 Å². The predicted molar refractivity (Wildman–Crippen MR) is 79.8 cm³/mol. The van der Waals surface area contributed by atoms with E-state index in [1.165, 1.54) is 0 Å². The summed E-state index contributed by atoms with van der Waals surface area (Å²) < 4.78 is 11.2. The number of carbonyl (C=O) groups excluding carboxylic acids is 1. The molecule has 0 unspecified atom stereocenters. The summed E-state index contributed by atoms with van der Waals surface area (Å²) in [5.41, 5.74) is 7.02. The van der Waals surface area contributed by atoms with Crippen LogP contribution >= 0.6 is 12.4 Å². The molecule has 6 heteroatoms. The molecule has 4 nitrogen and oxygen atoms in total. The van der Waals surface area contributed by atoms with E-state index in [1.807, 2.05) is 30.3 Å². The summed E-state index contributed by atoms with van der Waals surface area (Å²) in [6.07, 6.45) is 0.555. The third-order valence-corrected chi connectivity index (χ3v) is 4.38. The van der Waals surface area contributed by atoms with Crippen molar-refractivity contribution in [3.05, 3.63) is 35.9 Å². The third kappa shape index (κ3) is 4.69. The highest BCUT2D eigenvalue weighted by Crippen LogP contribution is 2.08. The van der Waals surface area contributed by atoms with E-state index in [2.05, 4.69) is 0 Å². The number of amides is 1. The van der Waals surface area contributed by atoms with Crippen LogP contribution in [0.1, 0.15) is 5.56 Å². The second kappa shape index (κ2) is 7.75. The summed E-state index contributed by atoms with van der Waals surface area (Å²) in [6, 6.07) is 9.26. The molecule has 2 rings (SSSR count). The summed E-state index contributed by atoms with van der Waals surface area (Å²) in [7, 11) is 0. The van der Waals surface area contributed by atoms with Gasteiger partial charge in [-0.25, -0.2) is 0 Å². The Morgan fingerprint density at radius 2 is 1.89 bits per heavy atom. The monoisotopic (exact) mass is 302 g/mol. The van der Waals surface area contributed by atoms with Crippen LogP contribution in [0.2, 0.25) is 0 Å². The highest BCUT2D eigenvalue weighted by molar-refractivity contribution is 7.91. The molecule has 0 aliphatic carbocycles. The first-order valence-corrected chi connectivity index (χ1v) is 7.59. The molecule has 106 valence electrons. The smallest absolute Gasteiger partial charge is 0.240 e. The minimum atomic E-state index is -0.763. The third-order valence-electron chi connectivity index (χ3n) is 3.11. The number of carbonyl (C=O) groups is 1. The maximum absolute atomic E-state index is 12.1. The van der Waals surface area contributed by atoms with Gasteiger partial charge in [-0.2, -0.15) is 0 Å². The Morgan fingerprint density at radius 1 is 1.32 bits per heavy atom. The van der Waals surface area contributed by atoms with Crippen molar-refractivity contribution in [3.8, 4) is 0 Å². The Balaban J connectivity index is 0.00000180. The topological polar surface area (TPSA) is 69.4 Å². The van der Waals surface area contributed by atoms with Crippen LogP contribution in [0.15, 0.2) is 30.3 Å². The maximum atomic E-state index is 12.1. The average molecular weight is 303 g/mol. The van der Waals surface area contributed by atoms with Crippen LogP contribution < -0.4 is 5.73 Å². The molecule has 0 aromatic heterocycles. The molecule has 1 heterocycles. The second-order valence-corrected chi connectivity index (χ2v) is 6.17. The van der Waals surface area contributed by atoms with Gasteiger partial charge in [0.05, 0.1) is 19.1 Å². The minimum absolute atomic E-state index is 0. The van der Waals surface area contributed by atoms with Crippen molar-refractivity contribution in [1.29, 1.82) is 0 Å². The van der Waals surface area contributed by atoms with Gasteiger partial charge in [-0.3, -0.25) is 4.79 Å². The Hall–Kier alpha value is -0.750. The lowest BCUT2D eigenvalue weighted by Crippen LogP contribution is -2.50. The fraction of sp³-hybridized carbons (Fsp3) is 0.462. The molecule has 1 amide bonds. The lowest BCUT2D eigenvalue weighted by molar-refractivity contribution is -0.132. The van der Waals surface area contributed by atoms with Gasteiger partial charge in [0, 0.05) is 0 Å². The van der Waals surface area contributed by atoms with E-state index in [0.717, 1.165) is 5.56 Å². The highest BCUT2D eigenvalue weighted by atomic mass is 35.5. The Labute approximate surface area is 122 Å². The fourth-order valence-electron chi connectivity index (χ4n) is 2.05.